The molecule has 0 saturated heterocycles. The highest BCUT2D eigenvalue weighted by atomic mass is 16.6. The number of nitrogens with zero attached hydrogens (tertiary/aromatic N) is 2. The predicted octanol–water partition coefficient (Wildman–Crippen LogP) is 3.62. The molecule has 2 aromatic rings. The number of hydrogen-bond donors (Lipinski definition) is 1. The lowest BCUT2D eigenvalue weighted by molar-refractivity contribution is -0.385. The molecular weight excluding hydrogens is 362 g/mol. The van der Waals surface area contributed by atoms with Gasteiger partial charge in [0.2, 0.25) is 5.91 Å². The number of hydrogen-bond acceptors (Lipinski definition) is 5. The Morgan fingerprint density at radius 3 is 2.68 bits per heavy atom. The third kappa shape index (κ3) is 3.53. The van der Waals surface area contributed by atoms with Crippen LogP contribution < -0.4 is 15.0 Å². The maximum absolute atomic E-state index is 12.8. The molecule has 1 aliphatic heterocycles. The van der Waals surface area contributed by atoms with Gasteiger partial charge >= 0.3 is 0 Å². The summed E-state index contributed by atoms with van der Waals surface area (Å²) < 4.78 is 5.80. The van der Waals surface area contributed by atoms with Crippen molar-refractivity contribution < 1.29 is 19.2 Å². The van der Waals surface area contributed by atoms with E-state index < -0.39 is 16.2 Å². The summed E-state index contributed by atoms with van der Waals surface area (Å²) in [5.74, 6) is -0.128. The number of rotatable bonds is 4. The minimum atomic E-state index is -0.677. The van der Waals surface area contributed by atoms with Crippen molar-refractivity contribution in [3.8, 4) is 5.75 Å². The molecular formula is C20H21N3O5. The molecule has 1 aliphatic rings. The lowest BCUT2D eigenvalue weighted by Gasteiger charge is -2.27. The maximum Gasteiger partial charge on any atom is 0.282 e. The Bertz CT molecular complexity index is 955. The van der Waals surface area contributed by atoms with Crippen molar-refractivity contribution in [2.45, 2.75) is 20.8 Å². The highest BCUT2D eigenvalue weighted by Crippen LogP contribution is 2.38. The zero-order valence-corrected chi connectivity index (χ0v) is 15.9. The van der Waals surface area contributed by atoms with E-state index in [0.717, 1.165) is 0 Å². The van der Waals surface area contributed by atoms with Crippen molar-refractivity contribution in [2.24, 2.45) is 5.41 Å². The van der Waals surface area contributed by atoms with E-state index in [1.807, 2.05) is 20.8 Å². The van der Waals surface area contributed by atoms with Crippen LogP contribution >= 0.6 is 0 Å². The Morgan fingerprint density at radius 2 is 2.00 bits per heavy atom. The molecule has 0 fully saturated rings. The fourth-order valence-electron chi connectivity index (χ4n) is 3.06. The Morgan fingerprint density at radius 1 is 1.29 bits per heavy atom. The molecule has 28 heavy (non-hydrogen) atoms. The van der Waals surface area contributed by atoms with Gasteiger partial charge in [0.25, 0.3) is 11.6 Å². The van der Waals surface area contributed by atoms with Crippen LogP contribution in [0, 0.1) is 15.5 Å². The Labute approximate surface area is 162 Å². The first kappa shape index (κ1) is 19.3. The van der Waals surface area contributed by atoms with Crippen LogP contribution in [0.25, 0.3) is 0 Å². The average molecular weight is 383 g/mol. The van der Waals surface area contributed by atoms with Crippen LogP contribution in [-0.4, -0.2) is 29.9 Å². The van der Waals surface area contributed by atoms with Crippen LogP contribution in [0.5, 0.6) is 5.75 Å². The van der Waals surface area contributed by atoms with Gasteiger partial charge < -0.3 is 15.0 Å². The highest BCUT2D eigenvalue weighted by Gasteiger charge is 2.37. The normalized spacial score (nSPS) is 15.2. The topological polar surface area (TPSA) is 102 Å². The number of anilines is 2. The molecule has 8 heteroatoms. The molecule has 1 N–H and O–H groups in total. The maximum atomic E-state index is 12.8. The van der Waals surface area contributed by atoms with E-state index in [0.29, 0.717) is 23.7 Å². The zero-order chi connectivity index (χ0) is 20.5. The van der Waals surface area contributed by atoms with Gasteiger partial charge in [0, 0.05) is 18.3 Å². The van der Waals surface area contributed by atoms with E-state index in [1.165, 1.54) is 18.2 Å². The third-order valence-corrected chi connectivity index (χ3v) is 4.58. The van der Waals surface area contributed by atoms with Crippen molar-refractivity contribution in [1.29, 1.82) is 0 Å². The summed E-state index contributed by atoms with van der Waals surface area (Å²) in [5.41, 5.74) is -0.0216. The number of nitrogens with one attached hydrogen (secondary N) is 1. The predicted molar refractivity (Wildman–Crippen MR) is 105 cm³/mol. The summed E-state index contributed by atoms with van der Waals surface area (Å²) in [6, 6.07) is 10.7. The van der Waals surface area contributed by atoms with Crippen LogP contribution in [-0.2, 0) is 4.79 Å². The second kappa shape index (κ2) is 7.30. The van der Waals surface area contributed by atoms with Crippen LogP contribution in [0.2, 0.25) is 0 Å². The minimum absolute atomic E-state index is 0.0387. The quantitative estimate of drug-likeness (QED) is 0.642. The van der Waals surface area contributed by atoms with Gasteiger partial charge in [0.05, 0.1) is 16.0 Å². The number of ether oxygens (including phenoxy) is 1. The second-order valence-corrected chi connectivity index (χ2v) is 7.13. The van der Waals surface area contributed by atoms with Gasteiger partial charge in [0.1, 0.15) is 17.9 Å². The SMILES string of the molecule is CCN1C(=O)C(C)(C)COc2ccc(NC(=O)c3ccccc3[N+](=O)[O-])cc21. The zero-order valence-electron chi connectivity index (χ0n) is 15.9. The average Bonchev–Trinajstić information content (AvgIpc) is 2.76. The number of carbonyl (C=O) groups is 2. The summed E-state index contributed by atoms with van der Waals surface area (Å²) in [7, 11) is 0. The molecule has 0 saturated carbocycles. The van der Waals surface area contributed by atoms with Gasteiger partial charge in [-0.05, 0) is 45.0 Å². The molecule has 0 unspecified atom stereocenters. The van der Waals surface area contributed by atoms with Gasteiger partial charge in [0.15, 0.2) is 0 Å². The van der Waals surface area contributed by atoms with Gasteiger partial charge in [-0.1, -0.05) is 12.1 Å². The van der Waals surface area contributed by atoms with E-state index in [4.69, 9.17) is 4.74 Å². The van der Waals surface area contributed by atoms with Crippen LogP contribution in [0.1, 0.15) is 31.1 Å². The minimum Gasteiger partial charge on any atom is -0.490 e. The van der Waals surface area contributed by atoms with Gasteiger partial charge in [-0.15, -0.1) is 0 Å². The summed E-state index contributed by atoms with van der Waals surface area (Å²) >= 11 is 0. The molecule has 0 bridgehead atoms. The fraction of sp³-hybridized carbons (Fsp3) is 0.300. The lowest BCUT2D eigenvalue weighted by Crippen LogP contribution is -2.42. The molecule has 0 radical (unpaired) electrons. The number of benzene rings is 2. The number of nitro benzene ring substituents is 1. The first-order valence-corrected chi connectivity index (χ1v) is 8.88. The van der Waals surface area contributed by atoms with Crippen LogP contribution in [0.4, 0.5) is 17.1 Å². The van der Waals surface area contributed by atoms with Crippen molar-refractivity contribution >= 4 is 28.9 Å². The van der Waals surface area contributed by atoms with Gasteiger partial charge in [-0.3, -0.25) is 19.7 Å². The molecule has 1 heterocycles. The first-order valence-electron chi connectivity index (χ1n) is 8.88. The van der Waals surface area contributed by atoms with Gasteiger partial charge in [-0.2, -0.15) is 0 Å². The number of amides is 2. The van der Waals surface area contributed by atoms with E-state index >= 15 is 0 Å². The summed E-state index contributed by atoms with van der Waals surface area (Å²) in [5, 5.41) is 13.8. The molecule has 3 rings (SSSR count). The smallest absolute Gasteiger partial charge is 0.282 e. The van der Waals surface area contributed by atoms with Gasteiger partial charge in [-0.25, -0.2) is 0 Å². The summed E-state index contributed by atoms with van der Waals surface area (Å²) in [6.07, 6.45) is 0. The van der Waals surface area contributed by atoms with E-state index in [2.05, 4.69) is 5.32 Å². The van der Waals surface area contributed by atoms with Crippen molar-refractivity contribution in [1.82, 2.24) is 0 Å². The third-order valence-electron chi connectivity index (χ3n) is 4.58. The molecule has 0 spiro atoms. The second-order valence-electron chi connectivity index (χ2n) is 7.13. The number of nitro groups is 1. The van der Waals surface area contributed by atoms with Crippen molar-refractivity contribution in [3.63, 3.8) is 0 Å². The Balaban J connectivity index is 1.94. The molecule has 2 aromatic carbocycles. The summed E-state index contributed by atoms with van der Waals surface area (Å²) in [4.78, 5) is 37.6. The Hall–Kier alpha value is -3.42. The molecule has 146 valence electrons. The van der Waals surface area contributed by atoms with E-state index in [9.17, 15) is 19.7 Å². The van der Waals surface area contributed by atoms with E-state index in [1.54, 1.807) is 29.2 Å². The number of para-hydroxylation sites is 1. The molecule has 0 atom stereocenters. The first-order chi connectivity index (χ1) is 13.2. The largest absolute Gasteiger partial charge is 0.490 e. The van der Waals surface area contributed by atoms with E-state index in [-0.39, 0.29) is 23.8 Å². The number of carbonyl (C=O) groups excluding carboxylic acids is 2. The number of fused-ring (bicyclic) bond motifs is 1. The van der Waals surface area contributed by atoms with Crippen LogP contribution in [0.15, 0.2) is 42.5 Å². The Kier molecular flexibility index (Phi) is 5.04. The van der Waals surface area contributed by atoms with Crippen LogP contribution in [0.3, 0.4) is 0 Å². The van der Waals surface area contributed by atoms with Crippen molar-refractivity contribution in [3.05, 3.63) is 58.1 Å². The molecule has 0 aliphatic carbocycles. The molecule has 2 amide bonds. The molecule has 0 aromatic heterocycles. The van der Waals surface area contributed by atoms with Crippen molar-refractivity contribution in [2.75, 3.05) is 23.4 Å². The lowest BCUT2D eigenvalue weighted by atomic mass is 9.93. The monoisotopic (exact) mass is 383 g/mol. The summed E-state index contributed by atoms with van der Waals surface area (Å²) in [6.45, 7) is 6.20. The standard InChI is InChI=1S/C20H21N3O5/c1-4-22-16-11-13(9-10-17(16)28-12-20(2,3)19(22)25)21-18(24)14-7-5-6-8-15(14)23(26)27/h5-11H,4,12H2,1-3H3,(H,21,24). The fourth-order valence-corrected chi connectivity index (χ4v) is 3.06. The molecule has 8 nitrogen and oxygen atoms in total. The highest BCUT2D eigenvalue weighted by molar-refractivity contribution is 6.07.